The molecule has 1 unspecified atom stereocenters. The van der Waals surface area contributed by atoms with Crippen LogP contribution in [0.3, 0.4) is 0 Å². The number of hydrogen-bond acceptors (Lipinski definition) is 3. The molecule has 1 saturated heterocycles. The van der Waals surface area contributed by atoms with Gasteiger partial charge in [0.15, 0.2) is 5.65 Å². The molecule has 0 radical (unpaired) electrons. The number of aromatic nitrogens is 3. The summed E-state index contributed by atoms with van der Waals surface area (Å²) in [7, 11) is 0. The number of imidazole rings is 1. The fourth-order valence-corrected chi connectivity index (χ4v) is 3.16. The lowest BCUT2D eigenvalue weighted by molar-refractivity contribution is 0.632. The first-order chi connectivity index (χ1) is 8.81. The molecule has 0 aromatic carbocycles. The molecule has 94 valence electrons. The second kappa shape index (κ2) is 4.03. The second-order valence-corrected chi connectivity index (χ2v) is 6.08. The highest BCUT2D eigenvalue weighted by molar-refractivity contribution is 9.10. The zero-order chi connectivity index (χ0) is 12.1. The lowest BCUT2D eigenvalue weighted by Gasteiger charge is -2.04. The third kappa shape index (κ3) is 1.77. The molecular weight excluding hydrogens is 292 g/mol. The molecule has 2 fully saturated rings. The second-order valence-electron chi connectivity index (χ2n) is 5.27. The first-order valence-electron chi connectivity index (χ1n) is 6.60. The van der Waals surface area contributed by atoms with Gasteiger partial charge in [0.1, 0.15) is 4.60 Å². The summed E-state index contributed by atoms with van der Waals surface area (Å²) in [5.74, 6) is 0.622. The smallest absolute Gasteiger partial charge is 0.159 e. The molecule has 2 aliphatic rings. The molecule has 0 bridgehead atoms. The van der Waals surface area contributed by atoms with Crippen LogP contribution < -0.4 is 5.32 Å². The average Bonchev–Trinajstić information content (AvgIpc) is 2.90. The normalized spacial score (nSPS) is 23.9. The molecule has 4 rings (SSSR count). The van der Waals surface area contributed by atoms with E-state index in [2.05, 4.69) is 36.8 Å². The topological polar surface area (TPSA) is 42.2 Å². The Kier molecular flexibility index (Phi) is 2.45. The van der Waals surface area contributed by atoms with Gasteiger partial charge in [0.05, 0.1) is 17.4 Å². The molecule has 1 atom stereocenters. The monoisotopic (exact) mass is 306 g/mol. The molecule has 0 amide bonds. The Bertz CT molecular complexity index is 596. The highest BCUT2D eigenvalue weighted by atomic mass is 79.9. The molecule has 2 aromatic rings. The van der Waals surface area contributed by atoms with Crippen LogP contribution in [-0.4, -0.2) is 20.9 Å². The van der Waals surface area contributed by atoms with Gasteiger partial charge in [-0.3, -0.25) is 0 Å². The van der Waals surface area contributed by atoms with Crippen molar-refractivity contribution in [2.45, 2.75) is 37.6 Å². The van der Waals surface area contributed by atoms with Crippen LogP contribution in [0.1, 0.15) is 49.0 Å². The van der Waals surface area contributed by atoms with E-state index < -0.39 is 0 Å². The standard InChI is InChI=1S/C13H15BrN4/c14-11-7-18-6-10(9-2-1-5-15-9)16-13(18)12(17-11)8-3-4-8/h6-9,15H,1-5H2. The van der Waals surface area contributed by atoms with E-state index in [1.165, 1.54) is 25.7 Å². The highest BCUT2D eigenvalue weighted by Crippen LogP contribution is 2.41. The number of fused-ring (bicyclic) bond motifs is 1. The fourth-order valence-electron chi connectivity index (χ4n) is 2.74. The van der Waals surface area contributed by atoms with Crippen molar-refractivity contribution in [3.05, 3.63) is 28.4 Å². The molecular formula is C13H15BrN4. The van der Waals surface area contributed by atoms with Gasteiger partial charge in [0.25, 0.3) is 0 Å². The molecule has 1 aliphatic heterocycles. The van der Waals surface area contributed by atoms with E-state index in [4.69, 9.17) is 4.98 Å². The van der Waals surface area contributed by atoms with Gasteiger partial charge in [-0.1, -0.05) is 0 Å². The molecule has 1 N–H and O–H groups in total. The van der Waals surface area contributed by atoms with Crippen molar-refractivity contribution in [1.29, 1.82) is 0 Å². The average molecular weight is 307 g/mol. The Hall–Kier alpha value is -0.940. The third-order valence-corrected chi connectivity index (χ3v) is 4.22. The zero-order valence-corrected chi connectivity index (χ0v) is 11.7. The van der Waals surface area contributed by atoms with Crippen molar-refractivity contribution in [3.63, 3.8) is 0 Å². The molecule has 5 heteroatoms. The van der Waals surface area contributed by atoms with E-state index in [9.17, 15) is 0 Å². The predicted molar refractivity (Wildman–Crippen MR) is 72.6 cm³/mol. The Morgan fingerprint density at radius 1 is 1.22 bits per heavy atom. The number of nitrogens with zero attached hydrogens (tertiary/aromatic N) is 3. The van der Waals surface area contributed by atoms with Crippen LogP contribution in [0.2, 0.25) is 0 Å². The summed E-state index contributed by atoms with van der Waals surface area (Å²) in [5.41, 5.74) is 3.37. The molecule has 3 heterocycles. The van der Waals surface area contributed by atoms with Crippen molar-refractivity contribution in [3.8, 4) is 0 Å². The third-order valence-electron chi connectivity index (χ3n) is 3.83. The molecule has 4 nitrogen and oxygen atoms in total. The molecule has 2 aromatic heterocycles. The maximum atomic E-state index is 4.81. The predicted octanol–water partition coefficient (Wildman–Crippen LogP) is 2.79. The Balaban J connectivity index is 1.85. The van der Waals surface area contributed by atoms with Gasteiger partial charge in [0.2, 0.25) is 0 Å². The highest BCUT2D eigenvalue weighted by Gasteiger charge is 2.29. The number of rotatable bonds is 2. The maximum Gasteiger partial charge on any atom is 0.159 e. The van der Waals surface area contributed by atoms with Gasteiger partial charge in [-0.2, -0.15) is 0 Å². The van der Waals surface area contributed by atoms with E-state index in [1.54, 1.807) is 0 Å². The maximum absolute atomic E-state index is 4.81. The van der Waals surface area contributed by atoms with Crippen LogP contribution in [0.25, 0.3) is 5.65 Å². The van der Waals surface area contributed by atoms with Gasteiger partial charge < -0.3 is 9.72 Å². The van der Waals surface area contributed by atoms with E-state index in [1.807, 2.05) is 6.20 Å². The molecule has 0 spiro atoms. The largest absolute Gasteiger partial charge is 0.309 e. The summed E-state index contributed by atoms with van der Waals surface area (Å²) in [6.07, 6.45) is 9.10. The summed E-state index contributed by atoms with van der Waals surface area (Å²) < 4.78 is 3.03. The van der Waals surface area contributed by atoms with Crippen LogP contribution >= 0.6 is 15.9 Å². The van der Waals surface area contributed by atoms with E-state index in [-0.39, 0.29) is 0 Å². The SMILES string of the molecule is Brc1cn2cc(C3CCCN3)nc2c(C2CC2)n1. The zero-order valence-electron chi connectivity index (χ0n) is 10.1. The van der Waals surface area contributed by atoms with Crippen molar-refractivity contribution < 1.29 is 0 Å². The van der Waals surface area contributed by atoms with Gasteiger partial charge in [-0.25, -0.2) is 9.97 Å². The first kappa shape index (κ1) is 10.9. The quantitative estimate of drug-likeness (QED) is 0.927. The lowest BCUT2D eigenvalue weighted by atomic mass is 10.2. The van der Waals surface area contributed by atoms with Gasteiger partial charge in [-0.05, 0) is 48.2 Å². The summed E-state index contributed by atoms with van der Waals surface area (Å²) in [4.78, 5) is 9.43. The van der Waals surface area contributed by atoms with Crippen LogP contribution in [0.15, 0.2) is 17.0 Å². The number of nitrogens with one attached hydrogen (secondary N) is 1. The van der Waals surface area contributed by atoms with Crippen molar-refractivity contribution in [1.82, 2.24) is 19.7 Å². The molecule has 1 aliphatic carbocycles. The fraction of sp³-hybridized carbons (Fsp3) is 0.538. The van der Waals surface area contributed by atoms with E-state index in [0.29, 0.717) is 12.0 Å². The molecule has 18 heavy (non-hydrogen) atoms. The van der Waals surface area contributed by atoms with Gasteiger partial charge >= 0.3 is 0 Å². The minimum absolute atomic E-state index is 0.427. The Morgan fingerprint density at radius 2 is 2.11 bits per heavy atom. The van der Waals surface area contributed by atoms with Crippen molar-refractivity contribution in [2.24, 2.45) is 0 Å². The lowest BCUT2D eigenvalue weighted by Crippen LogP contribution is -2.12. The summed E-state index contributed by atoms with van der Waals surface area (Å²) in [5, 5.41) is 3.50. The van der Waals surface area contributed by atoms with Crippen LogP contribution in [0, 0.1) is 0 Å². The Morgan fingerprint density at radius 3 is 2.83 bits per heavy atom. The molecule has 1 saturated carbocycles. The van der Waals surface area contributed by atoms with Gasteiger partial charge in [-0.15, -0.1) is 0 Å². The van der Waals surface area contributed by atoms with Crippen LogP contribution in [0.5, 0.6) is 0 Å². The van der Waals surface area contributed by atoms with E-state index >= 15 is 0 Å². The minimum Gasteiger partial charge on any atom is -0.309 e. The van der Waals surface area contributed by atoms with Crippen molar-refractivity contribution >= 4 is 21.6 Å². The Labute approximate surface area is 114 Å². The summed E-state index contributed by atoms with van der Waals surface area (Å²) in [6, 6.07) is 0.427. The van der Waals surface area contributed by atoms with E-state index in [0.717, 1.165) is 28.2 Å². The summed E-state index contributed by atoms with van der Waals surface area (Å²) >= 11 is 3.50. The number of hydrogen-bond donors (Lipinski definition) is 1. The number of halogens is 1. The summed E-state index contributed by atoms with van der Waals surface area (Å²) in [6.45, 7) is 1.11. The minimum atomic E-state index is 0.427. The van der Waals surface area contributed by atoms with Gasteiger partial charge in [0, 0.05) is 18.3 Å². The van der Waals surface area contributed by atoms with Crippen LogP contribution in [0.4, 0.5) is 0 Å². The van der Waals surface area contributed by atoms with Crippen LogP contribution in [-0.2, 0) is 0 Å². The first-order valence-corrected chi connectivity index (χ1v) is 7.39. The van der Waals surface area contributed by atoms with Crippen molar-refractivity contribution in [2.75, 3.05) is 6.54 Å².